The quantitative estimate of drug-likeness (QED) is 0.723. The minimum atomic E-state index is -1.01. The first-order chi connectivity index (χ1) is 9.51. The number of aromatic carboxylic acids is 1. The Bertz CT molecular complexity index is 482. The number of carbonyl (C=O) groups is 2. The third kappa shape index (κ3) is 4.31. The van der Waals surface area contributed by atoms with E-state index in [1.807, 2.05) is 20.8 Å². The first-order valence-corrected chi connectivity index (χ1v) is 7.56. The van der Waals surface area contributed by atoms with E-state index < -0.39 is 5.97 Å². The van der Waals surface area contributed by atoms with Crippen LogP contribution in [0.2, 0.25) is 0 Å². The fourth-order valence-electron chi connectivity index (χ4n) is 1.89. The minimum absolute atomic E-state index is 0.0442. The molecule has 6 heteroatoms. The molecule has 0 radical (unpaired) electrons. The number of carboxylic acids is 1. The average molecular weight is 299 g/mol. The van der Waals surface area contributed by atoms with Gasteiger partial charge in [-0.2, -0.15) is 0 Å². The predicted octanol–water partition coefficient (Wildman–Crippen LogP) is 3.07. The SMILES string of the molecule is CCCCOCC(=O)Nc1sc(C)c(CC)c1C(=O)O. The molecule has 1 rings (SSSR count). The molecule has 112 valence electrons. The summed E-state index contributed by atoms with van der Waals surface area (Å²) in [6.45, 7) is 6.31. The normalized spacial score (nSPS) is 10.6. The molecule has 0 aliphatic heterocycles. The van der Waals surface area contributed by atoms with Crippen LogP contribution in [0.5, 0.6) is 0 Å². The Morgan fingerprint density at radius 2 is 2.05 bits per heavy atom. The number of hydrogen-bond donors (Lipinski definition) is 2. The second kappa shape index (κ2) is 8.01. The van der Waals surface area contributed by atoms with Crippen molar-refractivity contribution >= 4 is 28.2 Å². The van der Waals surface area contributed by atoms with Crippen LogP contribution in [0.4, 0.5) is 5.00 Å². The highest BCUT2D eigenvalue weighted by molar-refractivity contribution is 7.16. The highest BCUT2D eigenvalue weighted by atomic mass is 32.1. The maximum absolute atomic E-state index is 11.7. The molecule has 0 aliphatic rings. The van der Waals surface area contributed by atoms with Crippen LogP contribution in [0.3, 0.4) is 0 Å². The third-order valence-corrected chi connectivity index (χ3v) is 3.97. The standard InChI is InChI=1S/C14H21NO4S/c1-4-6-7-19-8-11(16)15-13-12(14(17)18)10(5-2)9(3)20-13/h4-8H2,1-3H3,(H,15,16)(H,17,18). The van der Waals surface area contributed by atoms with Crippen LogP contribution in [0.1, 0.15) is 47.5 Å². The van der Waals surface area contributed by atoms with E-state index in [2.05, 4.69) is 5.32 Å². The number of carbonyl (C=O) groups excluding carboxylic acids is 1. The number of nitrogens with one attached hydrogen (secondary N) is 1. The summed E-state index contributed by atoms with van der Waals surface area (Å²) in [4.78, 5) is 24.0. The first kappa shape index (κ1) is 16.7. The lowest BCUT2D eigenvalue weighted by atomic mass is 10.1. The van der Waals surface area contributed by atoms with Crippen LogP contribution in [0.25, 0.3) is 0 Å². The number of thiophene rings is 1. The molecule has 1 aromatic rings. The monoisotopic (exact) mass is 299 g/mol. The number of anilines is 1. The minimum Gasteiger partial charge on any atom is -0.478 e. The van der Waals surface area contributed by atoms with E-state index in [0.717, 1.165) is 23.3 Å². The van der Waals surface area contributed by atoms with Crippen LogP contribution < -0.4 is 5.32 Å². The fraction of sp³-hybridized carbons (Fsp3) is 0.571. The van der Waals surface area contributed by atoms with Crippen molar-refractivity contribution in [3.8, 4) is 0 Å². The fourth-order valence-corrected chi connectivity index (χ4v) is 3.05. The highest BCUT2D eigenvalue weighted by Gasteiger charge is 2.21. The topological polar surface area (TPSA) is 75.6 Å². The molecule has 0 saturated carbocycles. The summed E-state index contributed by atoms with van der Waals surface area (Å²) in [6.07, 6.45) is 2.55. The summed E-state index contributed by atoms with van der Waals surface area (Å²) in [5.41, 5.74) is 0.988. The van der Waals surface area contributed by atoms with Gasteiger partial charge in [-0.25, -0.2) is 4.79 Å². The van der Waals surface area contributed by atoms with E-state index in [0.29, 0.717) is 18.0 Å². The average Bonchev–Trinajstić information content (AvgIpc) is 2.70. The third-order valence-electron chi connectivity index (χ3n) is 2.90. The summed E-state index contributed by atoms with van der Waals surface area (Å²) in [5, 5.41) is 12.3. The van der Waals surface area contributed by atoms with Gasteiger partial charge in [0, 0.05) is 11.5 Å². The number of unbranched alkanes of at least 4 members (excludes halogenated alkanes) is 1. The summed E-state index contributed by atoms with van der Waals surface area (Å²) in [5.74, 6) is -1.32. The zero-order valence-electron chi connectivity index (χ0n) is 12.1. The lowest BCUT2D eigenvalue weighted by Gasteiger charge is -2.06. The van der Waals surface area contributed by atoms with Crippen LogP contribution in [-0.4, -0.2) is 30.2 Å². The number of hydrogen-bond acceptors (Lipinski definition) is 4. The van der Waals surface area contributed by atoms with Gasteiger partial charge in [-0.1, -0.05) is 20.3 Å². The molecule has 20 heavy (non-hydrogen) atoms. The van der Waals surface area contributed by atoms with E-state index in [1.165, 1.54) is 11.3 Å². The van der Waals surface area contributed by atoms with Gasteiger partial charge >= 0.3 is 5.97 Å². The van der Waals surface area contributed by atoms with Crippen molar-refractivity contribution in [2.24, 2.45) is 0 Å². The highest BCUT2D eigenvalue weighted by Crippen LogP contribution is 2.33. The second-order valence-corrected chi connectivity index (χ2v) is 5.68. The van der Waals surface area contributed by atoms with Crippen LogP contribution >= 0.6 is 11.3 Å². The second-order valence-electron chi connectivity index (χ2n) is 4.45. The number of ether oxygens (including phenoxy) is 1. The zero-order valence-corrected chi connectivity index (χ0v) is 12.9. The van der Waals surface area contributed by atoms with Crippen molar-refractivity contribution < 1.29 is 19.4 Å². The molecular formula is C14H21NO4S. The van der Waals surface area contributed by atoms with Crippen LogP contribution in [0, 0.1) is 6.92 Å². The predicted molar refractivity (Wildman–Crippen MR) is 79.8 cm³/mol. The van der Waals surface area contributed by atoms with Crippen LogP contribution in [0.15, 0.2) is 0 Å². The summed E-state index contributed by atoms with van der Waals surface area (Å²) in [7, 11) is 0. The molecule has 1 amide bonds. The van der Waals surface area contributed by atoms with E-state index >= 15 is 0 Å². The molecule has 2 N–H and O–H groups in total. The van der Waals surface area contributed by atoms with Crippen molar-refractivity contribution in [3.63, 3.8) is 0 Å². The summed E-state index contributed by atoms with van der Waals surface area (Å²) < 4.78 is 5.22. The Labute approximate surface area is 123 Å². The lowest BCUT2D eigenvalue weighted by molar-refractivity contribution is -0.120. The molecule has 1 heterocycles. The van der Waals surface area contributed by atoms with E-state index in [4.69, 9.17) is 4.74 Å². The van der Waals surface area contributed by atoms with E-state index in [-0.39, 0.29) is 18.1 Å². The molecule has 0 fully saturated rings. The first-order valence-electron chi connectivity index (χ1n) is 6.74. The van der Waals surface area contributed by atoms with E-state index in [1.54, 1.807) is 0 Å². The van der Waals surface area contributed by atoms with Crippen molar-refractivity contribution in [2.75, 3.05) is 18.5 Å². The smallest absolute Gasteiger partial charge is 0.339 e. The van der Waals surface area contributed by atoms with Crippen molar-refractivity contribution in [2.45, 2.75) is 40.0 Å². The molecule has 5 nitrogen and oxygen atoms in total. The molecule has 0 atom stereocenters. The van der Waals surface area contributed by atoms with Gasteiger partial charge in [0.1, 0.15) is 11.6 Å². The molecule has 1 aromatic heterocycles. The number of aryl methyl sites for hydroxylation is 1. The maximum atomic E-state index is 11.7. The van der Waals surface area contributed by atoms with Crippen molar-refractivity contribution in [1.29, 1.82) is 0 Å². The lowest BCUT2D eigenvalue weighted by Crippen LogP contribution is -2.19. The van der Waals surface area contributed by atoms with Gasteiger partial charge in [0.05, 0.1) is 5.56 Å². The maximum Gasteiger partial charge on any atom is 0.339 e. The van der Waals surface area contributed by atoms with Crippen molar-refractivity contribution in [3.05, 3.63) is 16.0 Å². The Balaban J connectivity index is 2.72. The Morgan fingerprint density at radius 1 is 1.35 bits per heavy atom. The van der Waals surface area contributed by atoms with Gasteiger partial charge in [0.15, 0.2) is 0 Å². The summed E-state index contributed by atoms with van der Waals surface area (Å²) >= 11 is 1.30. The van der Waals surface area contributed by atoms with Gasteiger partial charge in [-0.3, -0.25) is 4.79 Å². The molecular weight excluding hydrogens is 278 g/mol. The van der Waals surface area contributed by atoms with Crippen LogP contribution in [-0.2, 0) is 16.0 Å². The Kier molecular flexibility index (Phi) is 6.67. The molecule has 0 saturated heterocycles. The zero-order chi connectivity index (χ0) is 15.1. The number of carboxylic acid groups (broad SMARTS) is 1. The Hall–Kier alpha value is -1.40. The number of amides is 1. The molecule has 0 unspecified atom stereocenters. The van der Waals surface area contributed by atoms with Gasteiger partial charge < -0.3 is 15.2 Å². The molecule has 0 bridgehead atoms. The van der Waals surface area contributed by atoms with Gasteiger partial charge in [0.2, 0.25) is 0 Å². The molecule has 0 aliphatic carbocycles. The molecule has 0 aromatic carbocycles. The van der Waals surface area contributed by atoms with E-state index in [9.17, 15) is 14.7 Å². The van der Waals surface area contributed by atoms with Gasteiger partial charge in [-0.05, 0) is 25.3 Å². The van der Waals surface area contributed by atoms with Gasteiger partial charge in [0.25, 0.3) is 5.91 Å². The Morgan fingerprint density at radius 3 is 2.60 bits per heavy atom. The molecule has 0 spiro atoms. The van der Waals surface area contributed by atoms with Gasteiger partial charge in [-0.15, -0.1) is 11.3 Å². The summed E-state index contributed by atoms with van der Waals surface area (Å²) in [6, 6.07) is 0. The number of rotatable bonds is 8. The van der Waals surface area contributed by atoms with Crippen molar-refractivity contribution in [1.82, 2.24) is 0 Å². The largest absolute Gasteiger partial charge is 0.478 e.